The summed E-state index contributed by atoms with van der Waals surface area (Å²) in [5, 5.41) is 5.79. The summed E-state index contributed by atoms with van der Waals surface area (Å²) in [5.74, 6) is 0. The molecule has 3 atom stereocenters. The fraction of sp³-hybridized carbons (Fsp3) is 0.692. The van der Waals surface area contributed by atoms with Crippen LogP contribution in [0.25, 0.3) is 0 Å². The van der Waals surface area contributed by atoms with E-state index in [-0.39, 0.29) is 0 Å². The minimum absolute atomic E-state index is 0.562. The minimum atomic E-state index is 0.562. The van der Waals surface area contributed by atoms with Gasteiger partial charge in [-0.15, -0.1) is 11.3 Å². The second-order valence-corrected chi connectivity index (χ2v) is 6.01. The summed E-state index contributed by atoms with van der Waals surface area (Å²) in [6.07, 6.45) is 0. The quantitative estimate of drug-likeness (QED) is 0.852. The molecular formula is C13H22N2S. The lowest BCUT2D eigenvalue weighted by atomic mass is 10.1. The van der Waals surface area contributed by atoms with Crippen molar-refractivity contribution in [1.29, 1.82) is 0 Å². The van der Waals surface area contributed by atoms with Gasteiger partial charge in [0.05, 0.1) is 0 Å². The minimum Gasteiger partial charge on any atom is -0.309 e. The van der Waals surface area contributed by atoms with Gasteiger partial charge in [0.1, 0.15) is 0 Å². The Bertz CT molecular complexity index is 337. The molecule has 1 N–H and O–H groups in total. The first-order chi connectivity index (χ1) is 7.58. The van der Waals surface area contributed by atoms with Crippen LogP contribution >= 0.6 is 11.3 Å². The van der Waals surface area contributed by atoms with Crippen LogP contribution < -0.4 is 5.32 Å². The average Bonchev–Trinajstić information content (AvgIpc) is 2.62. The largest absolute Gasteiger partial charge is 0.309 e. The van der Waals surface area contributed by atoms with Crippen molar-refractivity contribution in [3.8, 4) is 0 Å². The van der Waals surface area contributed by atoms with Crippen molar-refractivity contribution in [2.75, 3.05) is 13.1 Å². The Labute approximate surface area is 103 Å². The molecule has 3 heteroatoms. The molecule has 0 saturated carbocycles. The Morgan fingerprint density at radius 2 is 2.00 bits per heavy atom. The lowest BCUT2D eigenvalue weighted by molar-refractivity contribution is 0.133. The number of hydrogen-bond donors (Lipinski definition) is 1. The van der Waals surface area contributed by atoms with E-state index in [1.54, 1.807) is 0 Å². The molecule has 2 rings (SSSR count). The topological polar surface area (TPSA) is 15.3 Å². The van der Waals surface area contributed by atoms with Crippen molar-refractivity contribution in [3.05, 3.63) is 21.9 Å². The van der Waals surface area contributed by atoms with E-state index in [0.29, 0.717) is 18.1 Å². The summed E-state index contributed by atoms with van der Waals surface area (Å²) in [6.45, 7) is 11.4. The Morgan fingerprint density at radius 3 is 2.50 bits per heavy atom. The van der Waals surface area contributed by atoms with Gasteiger partial charge in [-0.3, -0.25) is 4.90 Å². The van der Waals surface area contributed by atoms with Gasteiger partial charge in [0.15, 0.2) is 0 Å². The summed E-state index contributed by atoms with van der Waals surface area (Å²) in [4.78, 5) is 4.13. The van der Waals surface area contributed by atoms with Gasteiger partial charge >= 0.3 is 0 Å². The van der Waals surface area contributed by atoms with Crippen molar-refractivity contribution in [3.63, 3.8) is 0 Å². The molecule has 90 valence electrons. The van der Waals surface area contributed by atoms with Gasteiger partial charge in [-0.2, -0.15) is 0 Å². The lowest BCUT2D eigenvalue weighted by Gasteiger charge is -2.39. The molecule has 0 spiro atoms. The zero-order valence-corrected chi connectivity index (χ0v) is 11.5. The normalized spacial score (nSPS) is 29.2. The van der Waals surface area contributed by atoms with Crippen LogP contribution in [0.4, 0.5) is 0 Å². The van der Waals surface area contributed by atoms with Crippen LogP contribution in [0.2, 0.25) is 0 Å². The van der Waals surface area contributed by atoms with E-state index >= 15 is 0 Å². The molecule has 2 heterocycles. The average molecular weight is 238 g/mol. The van der Waals surface area contributed by atoms with Crippen LogP contribution in [-0.4, -0.2) is 30.1 Å². The van der Waals surface area contributed by atoms with E-state index in [1.807, 2.05) is 11.3 Å². The van der Waals surface area contributed by atoms with Gasteiger partial charge in [0, 0.05) is 36.1 Å². The van der Waals surface area contributed by atoms with Gasteiger partial charge in [-0.05, 0) is 44.7 Å². The zero-order valence-electron chi connectivity index (χ0n) is 10.7. The highest BCUT2D eigenvalue weighted by Gasteiger charge is 2.26. The molecule has 1 aliphatic rings. The van der Waals surface area contributed by atoms with E-state index in [9.17, 15) is 0 Å². The third-order valence-electron chi connectivity index (χ3n) is 3.41. The fourth-order valence-electron chi connectivity index (χ4n) is 2.66. The molecule has 0 radical (unpaired) electrons. The smallest absolute Gasteiger partial charge is 0.0417 e. The van der Waals surface area contributed by atoms with Crippen molar-refractivity contribution in [2.45, 2.75) is 45.8 Å². The van der Waals surface area contributed by atoms with Crippen molar-refractivity contribution in [2.24, 2.45) is 0 Å². The highest BCUT2D eigenvalue weighted by Crippen LogP contribution is 2.29. The highest BCUT2D eigenvalue weighted by molar-refractivity contribution is 7.10. The van der Waals surface area contributed by atoms with E-state index < -0.39 is 0 Å². The molecule has 16 heavy (non-hydrogen) atoms. The van der Waals surface area contributed by atoms with Gasteiger partial charge in [0.2, 0.25) is 0 Å². The second-order valence-electron chi connectivity index (χ2n) is 5.07. The standard InChI is InChI=1S/C13H22N2S/c1-9-5-6-16-13(9)12(4)15-7-10(2)14-11(3)8-15/h5-6,10-12,14H,7-8H2,1-4H3. The molecule has 0 bridgehead atoms. The number of nitrogens with zero attached hydrogens (tertiary/aromatic N) is 1. The second kappa shape index (κ2) is 4.86. The Hall–Kier alpha value is -0.380. The first kappa shape index (κ1) is 12.1. The van der Waals surface area contributed by atoms with Crippen molar-refractivity contribution in [1.82, 2.24) is 10.2 Å². The number of aryl methyl sites for hydroxylation is 1. The van der Waals surface area contributed by atoms with Crippen LogP contribution in [0.5, 0.6) is 0 Å². The third-order valence-corrected chi connectivity index (χ3v) is 4.60. The fourth-order valence-corrected chi connectivity index (χ4v) is 3.68. The maximum Gasteiger partial charge on any atom is 0.0417 e. The van der Waals surface area contributed by atoms with Crippen LogP contribution in [0.1, 0.15) is 37.3 Å². The predicted octanol–water partition coefficient (Wildman–Crippen LogP) is 2.80. The SMILES string of the molecule is Cc1ccsc1C(C)N1CC(C)NC(C)C1. The molecule has 1 aromatic heterocycles. The summed E-state index contributed by atoms with van der Waals surface area (Å²) >= 11 is 1.89. The highest BCUT2D eigenvalue weighted by atomic mass is 32.1. The molecule has 0 aliphatic carbocycles. The molecule has 0 aromatic carbocycles. The predicted molar refractivity (Wildman–Crippen MR) is 71.1 cm³/mol. The van der Waals surface area contributed by atoms with E-state index in [0.717, 1.165) is 13.1 Å². The van der Waals surface area contributed by atoms with E-state index in [4.69, 9.17) is 0 Å². The summed E-state index contributed by atoms with van der Waals surface area (Å²) in [7, 11) is 0. The monoisotopic (exact) mass is 238 g/mol. The molecule has 1 aromatic rings. The van der Waals surface area contributed by atoms with Gasteiger partial charge in [0.25, 0.3) is 0 Å². The first-order valence-corrected chi connectivity index (χ1v) is 7.00. The molecule has 1 saturated heterocycles. The Kier molecular flexibility index (Phi) is 3.67. The zero-order chi connectivity index (χ0) is 11.7. The lowest BCUT2D eigenvalue weighted by Crippen LogP contribution is -2.54. The van der Waals surface area contributed by atoms with Gasteiger partial charge in [-0.25, -0.2) is 0 Å². The van der Waals surface area contributed by atoms with Crippen molar-refractivity contribution < 1.29 is 0 Å². The first-order valence-electron chi connectivity index (χ1n) is 6.12. The van der Waals surface area contributed by atoms with E-state index in [2.05, 4.69) is 49.4 Å². The third kappa shape index (κ3) is 2.47. The molecule has 0 amide bonds. The van der Waals surface area contributed by atoms with Gasteiger partial charge < -0.3 is 5.32 Å². The molecule has 1 aliphatic heterocycles. The summed E-state index contributed by atoms with van der Waals surface area (Å²) in [5.41, 5.74) is 1.44. The number of rotatable bonds is 2. The summed E-state index contributed by atoms with van der Waals surface area (Å²) < 4.78 is 0. The number of thiophene rings is 1. The van der Waals surface area contributed by atoms with Crippen LogP contribution in [0, 0.1) is 6.92 Å². The number of piperazine rings is 1. The van der Waals surface area contributed by atoms with E-state index in [1.165, 1.54) is 10.4 Å². The Morgan fingerprint density at radius 1 is 1.38 bits per heavy atom. The maximum atomic E-state index is 3.59. The molecular weight excluding hydrogens is 216 g/mol. The van der Waals surface area contributed by atoms with Crippen LogP contribution in [0.3, 0.4) is 0 Å². The molecule has 3 unspecified atom stereocenters. The molecule has 1 fully saturated rings. The molecule has 2 nitrogen and oxygen atoms in total. The van der Waals surface area contributed by atoms with Crippen LogP contribution in [-0.2, 0) is 0 Å². The van der Waals surface area contributed by atoms with Crippen LogP contribution in [0.15, 0.2) is 11.4 Å². The van der Waals surface area contributed by atoms with Crippen molar-refractivity contribution >= 4 is 11.3 Å². The summed E-state index contributed by atoms with van der Waals surface area (Å²) in [6, 6.07) is 4.00. The maximum absolute atomic E-state index is 3.59. The number of nitrogens with one attached hydrogen (secondary N) is 1. The Balaban J connectivity index is 2.10. The van der Waals surface area contributed by atoms with Gasteiger partial charge in [-0.1, -0.05) is 0 Å². The number of hydrogen-bond acceptors (Lipinski definition) is 3.